The highest BCUT2D eigenvalue weighted by atomic mass is 32.2. The van der Waals surface area contributed by atoms with E-state index in [1.54, 1.807) is 4.68 Å². The van der Waals surface area contributed by atoms with Crippen molar-refractivity contribution in [2.24, 2.45) is 0 Å². The molecule has 0 atom stereocenters. The van der Waals surface area contributed by atoms with Crippen molar-refractivity contribution in [1.82, 2.24) is 20.2 Å². The number of halogens is 2. The van der Waals surface area contributed by atoms with Crippen LogP contribution in [0, 0.1) is 11.6 Å². The smallest absolute Gasteiger partial charge is 0.234 e. The minimum Gasteiger partial charge on any atom is -0.325 e. The van der Waals surface area contributed by atoms with Crippen LogP contribution in [0.3, 0.4) is 0 Å². The average Bonchev–Trinajstić information content (AvgIpc) is 3.07. The number of nitrogens with zero attached hydrogens (tertiary/aromatic N) is 4. The van der Waals surface area contributed by atoms with Gasteiger partial charge in [-0.2, -0.15) is 4.68 Å². The molecule has 0 bridgehead atoms. The molecule has 0 aliphatic heterocycles. The van der Waals surface area contributed by atoms with E-state index in [2.05, 4.69) is 20.8 Å². The Kier molecular flexibility index (Phi) is 5.34. The van der Waals surface area contributed by atoms with Gasteiger partial charge in [-0.3, -0.25) is 4.79 Å². The molecule has 2 aromatic carbocycles. The van der Waals surface area contributed by atoms with Crippen molar-refractivity contribution in [2.45, 2.75) is 5.75 Å². The van der Waals surface area contributed by atoms with Gasteiger partial charge in [0.1, 0.15) is 0 Å². The van der Waals surface area contributed by atoms with E-state index in [9.17, 15) is 13.6 Å². The molecule has 25 heavy (non-hydrogen) atoms. The normalized spacial score (nSPS) is 10.6. The molecule has 1 aromatic heterocycles. The van der Waals surface area contributed by atoms with Crippen LogP contribution in [0.25, 0.3) is 5.69 Å². The molecule has 0 spiro atoms. The fraction of sp³-hybridized carbons (Fsp3) is 0.125. The van der Waals surface area contributed by atoms with E-state index in [-0.39, 0.29) is 17.3 Å². The lowest BCUT2D eigenvalue weighted by molar-refractivity contribution is -0.113. The van der Waals surface area contributed by atoms with Crippen molar-refractivity contribution in [1.29, 1.82) is 0 Å². The average molecular weight is 361 g/mol. The lowest BCUT2D eigenvalue weighted by atomic mass is 10.3. The number of carbonyl (C=O) groups excluding carboxylic acids is 1. The second-order valence-corrected chi connectivity index (χ2v) is 6.00. The quantitative estimate of drug-likeness (QED) is 0.731. The Balaban J connectivity index is 1.54. The molecule has 6 nitrogen and oxygen atoms in total. The lowest BCUT2D eigenvalue weighted by Gasteiger charge is -2.06. The standard InChI is InChI=1S/C16H13F2N5OS/c17-13-7-6-11(8-14(13)18)19-16(24)10-25-9-15-20-21-22-23(15)12-4-2-1-3-5-12/h1-8H,9-10H2,(H,19,24). The summed E-state index contributed by atoms with van der Waals surface area (Å²) < 4.78 is 27.6. The molecule has 3 aromatic rings. The number of hydrogen-bond donors (Lipinski definition) is 1. The van der Waals surface area contributed by atoms with Crippen molar-refractivity contribution >= 4 is 23.4 Å². The maximum atomic E-state index is 13.1. The van der Waals surface area contributed by atoms with Crippen molar-refractivity contribution in [2.75, 3.05) is 11.1 Å². The largest absolute Gasteiger partial charge is 0.325 e. The third kappa shape index (κ3) is 4.38. The van der Waals surface area contributed by atoms with Gasteiger partial charge >= 0.3 is 0 Å². The fourth-order valence-corrected chi connectivity index (χ4v) is 2.79. The summed E-state index contributed by atoms with van der Waals surface area (Å²) in [5.74, 6) is -1.13. The Morgan fingerprint density at radius 2 is 1.92 bits per heavy atom. The molecule has 1 amide bonds. The molecule has 0 radical (unpaired) electrons. The number of hydrogen-bond acceptors (Lipinski definition) is 5. The highest BCUT2D eigenvalue weighted by Gasteiger charge is 2.10. The van der Waals surface area contributed by atoms with Crippen LogP contribution in [-0.2, 0) is 10.5 Å². The Bertz CT molecular complexity index is 872. The number of anilines is 1. The number of aromatic nitrogens is 4. The van der Waals surface area contributed by atoms with Gasteiger partial charge in [0.25, 0.3) is 0 Å². The van der Waals surface area contributed by atoms with Crippen molar-refractivity contribution in [3.05, 3.63) is 66.0 Å². The van der Waals surface area contributed by atoms with E-state index in [4.69, 9.17) is 0 Å². The number of nitrogens with one attached hydrogen (secondary N) is 1. The molecule has 1 N–H and O–H groups in total. The van der Waals surface area contributed by atoms with E-state index in [0.29, 0.717) is 11.6 Å². The number of thioether (sulfide) groups is 1. The molecule has 3 rings (SSSR count). The van der Waals surface area contributed by atoms with Crippen LogP contribution in [0.5, 0.6) is 0 Å². The monoisotopic (exact) mass is 361 g/mol. The van der Waals surface area contributed by atoms with Crippen LogP contribution in [0.4, 0.5) is 14.5 Å². The summed E-state index contributed by atoms with van der Waals surface area (Å²) in [7, 11) is 0. The molecule has 128 valence electrons. The van der Waals surface area contributed by atoms with E-state index in [0.717, 1.165) is 17.8 Å². The Morgan fingerprint density at radius 3 is 2.68 bits per heavy atom. The third-order valence-corrected chi connectivity index (χ3v) is 4.13. The third-order valence-electron chi connectivity index (χ3n) is 3.20. The topological polar surface area (TPSA) is 72.7 Å². The Morgan fingerprint density at radius 1 is 1.12 bits per heavy atom. The second-order valence-electron chi connectivity index (χ2n) is 5.01. The minimum absolute atomic E-state index is 0.126. The summed E-state index contributed by atoms with van der Waals surface area (Å²) in [6, 6.07) is 12.6. The zero-order valence-electron chi connectivity index (χ0n) is 12.9. The predicted molar refractivity (Wildman–Crippen MR) is 90.3 cm³/mol. The molecule has 0 fully saturated rings. The number of tetrazole rings is 1. The highest BCUT2D eigenvalue weighted by molar-refractivity contribution is 7.99. The minimum atomic E-state index is -1.01. The first-order valence-electron chi connectivity index (χ1n) is 7.29. The van der Waals surface area contributed by atoms with Gasteiger partial charge in [0.05, 0.1) is 17.2 Å². The van der Waals surface area contributed by atoms with Gasteiger partial charge in [-0.1, -0.05) is 18.2 Å². The Hall–Kier alpha value is -2.81. The summed E-state index contributed by atoms with van der Waals surface area (Å²) in [5.41, 5.74) is 1.04. The van der Waals surface area contributed by atoms with Gasteiger partial charge in [0, 0.05) is 11.8 Å². The number of rotatable bonds is 6. The number of amides is 1. The second kappa shape index (κ2) is 7.84. The number of carbonyl (C=O) groups is 1. The van der Waals surface area contributed by atoms with Gasteiger partial charge in [-0.15, -0.1) is 16.9 Å². The molecule has 0 aliphatic rings. The molecule has 0 aliphatic carbocycles. The van der Waals surface area contributed by atoms with E-state index >= 15 is 0 Å². The first-order chi connectivity index (χ1) is 12.1. The first-order valence-corrected chi connectivity index (χ1v) is 8.44. The number of para-hydroxylation sites is 1. The zero-order valence-corrected chi connectivity index (χ0v) is 13.7. The van der Waals surface area contributed by atoms with Crippen LogP contribution in [-0.4, -0.2) is 31.9 Å². The summed E-state index contributed by atoms with van der Waals surface area (Å²) in [6.07, 6.45) is 0. The molecular weight excluding hydrogens is 348 g/mol. The van der Waals surface area contributed by atoms with Crippen LogP contribution in [0.2, 0.25) is 0 Å². The summed E-state index contributed by atoms with van der Waals surface area (Å²) >= 11 is 1.31. The molecule has 0 saturated heterocycles. The molecule has 9 heteroatoms. The summed E-state index contributed by atoms with van der Waals surface area (Å²) in [5, 5.41) is 14.1. The van der Waals surface area contributed by atoms with E-state index < -0.39 is 11.6 Å². The Labute approximate surface area is 146 Å². The lowest BCUT2D eigenvalue weighted by Crippen LogP contribution is -2.14. The maximum Gasteiger partial charge on any atom is 0.234 e. The van der Waals surface area contributed by atoms with Crippen molar-refractivity contribution in [3.8, 4) is 5.69 Å². The summed E-state index contributed by atoms with van der Waals surface area (Å²) in [4.78, 5) is 11.9. The van der Waals surface area contributed by atoms with Gasteiger partial charge in [0.15, 0.2) is 17.5 Å². The first kappa shape index (κ1) is 17.0. The van der Waals surface area contributed by atoms with Crippen molar-refractivity contribution < 1.29 is 13.6 Å². The van der Waals surface area contributed by atoms with Crippen LogP contribution in [0.15, 0.2) is 48.5 Å². The van der Waals surface area contributed by atoms with Crippen molar-refractivity contribution in [3.63, 3.8) is 0 Å². The van der Waals surface area contributed by atoms with Gasteiger partial charge < -0.3 is 5.32 Å². The number of benzene rings is 2. The van der Waals surface area contributed by atoms with Crippen LogP contribution >= 0.6 is 11.8 Å². The SMILES string of the molecule is O=C(CSCc1nnnn1-c1ccccc1)Nc1ccc(F)c(F)c1. The van der Waals surface area contributed by atoms with Gasteiger partial charge in [-0.05, 0) is 34.7 Å². The van der Waals surface area contributed by atoms with E-state index in [1.165, 1.54) is 17.8 Å². The van der Waals surface area contributed by atoms with E-state index in [1.807, 2.05) is 30.3 Å². The van der Waals surface area contributed by atoms with Gasteiger partial charge in [-0.25, -0.2) is 8.78 Å². The highest BCUT2D eigenvalue weighted by Crippen LogP contribution is 2.16. The van der Waals surface area contributed by atoms with Gasteiger partial charge in [0.2, 0.25) is 5.91 Å². The summed E-state index contributed by atoms with van der Waals surface area (Å²) in [6.45, 7) is 0. The molecule has 0 unspecified atom stereocenters. The molecule has 1 heterocycles. The van der Waals surface area contributed by atoms with Crippen LogP contribution in [0.1, 0.15) is 5.82 Å². The fourth-order valence-electron chi connectivity index (χ4n) is 2.07. The maximum absolute atomic E-state index is 13.1. The van der Waals surface area contributed by atoms with Crippen LogP contribution < -0.4 is 5.32 Å². The molecule has 0 saturated carbocycles. The zero-order chi connectivity index (χ0) is 17.6. The molecular formula is C16H13F2N5OS. The predicted octanol–water partition coefficient (Wildman–Crippen LogP) is 2.81.